The summed E-state index contributed by atoms with van der Waals surface area (Å²) in [6.07, 6.45) is 0.392. The Hall–Kier alpha value is -0.610. The zero-order valence-corrected chi connectivity index (χ0v) is 7.49. The standard InChI is InChI=1S/C8H15NO3/c1-6-4-9(2)7(5-12-6)3-8(10)11/h6-7H,3-5H2,1-2H3,(H,10,11). The Kier molecular flexibility index (Phi) is 3.05. The van der Waals surface area contributed by atoms with Crippen LogP contribution in [0.1, 0.15) is 13.3 Å². The van der Waals surface area contributed by atoms with Crippen molar-refractivity contribution in [1.29, 1.82) is 0 Å². The first-order valence-electron chi connectivity index (χ1n) is 4.13. The van der Waals surface area contributed by atoms with Crippen LogP contribution in [0, 0.1) is 0 Å². The largest absolute Gasteiger partial charge is 0.481 e. The maximum Gasteiger partial charge on any atom is 0.305 e. The molecule has 1 rings (SSSR count). The van der Waals surface area contributed by atoms with Crippen molar-refractivity contribution in [2.75, 3.05) is 20.2 Å². The van der Waals surface area contributed by atoms with E-state index in [2.05, 4.69) is 0 Å². The van der Waals surface area contributed by atoms with Crippen molar-refractivity contribution in [3.05, 3.63) is 0 Å². The summed E-state index contributed by atoms with van der Waals surface area (Å²) in [6, 6.07) is 0.0405. The Bertz CT molecular complexity index is 172. The van der Waals surface area contributed by atoms with Crippen molar-refractivity contribution in [2.24, 2.45) is 0 Å². The van der Waals surface area contributed by atoms with Gasteiger partial charge in [0.05, 0.1) is 19.1 Å². The van der Waals surface area contributed by atoms with Gasteiger partial charge in [-0.1, -0.05) is 0 Å². The fourth-order valence-electron chi connectivity index (χ4n) is 1.43. The molecule has 1 aliphatic rings. The van der Waals surface area contributed by atoms with E-state index in [9.17, 15) is 4.79 Å². The van der Waals surface area contributed by atoms with Crippen molar-refractivity contribution >= 4 is 5.97 Å². The predicted molar refractivity (Wildman–Crippen MR) is 44.1 cm³/mol. The molecular formula is C8H15NO3. The molecule has 4 nitrogen and oxygen atoms in total. The molecule has 1 N–H and O–H groups in total. The summed E-state index contributed by atoms with van der Waals surface area (Å²) in [7, 11) is 1.94. The molecule has 0 aromatic heterocycles. The molecule has 4 heteroatoms. The van der Waals surface area contributed by atoms with Gasteiger partial charge in [-0.05, 0) is 14.0 Å². The summed E-state index contributed by atoms with van der Waals surface area (Å²) < 4.78 is 5.36. The van der Waals surface area contributed by atoms with Gasteiger partial charge in [0.15, 0.2) is 0 Å². The first-order valence-corrected chi connectivity index (χ1v) is 4.13. The van der Waals surface area contributed by atoms with E-state index in [1.54, 1.807) is 0 Å². The molecule has 1 heterocycles. The van der Waals surface area contributed by atoms with Gasteiger partial charge in [0, 0.05) is 12.6 Å². The van der Waals surface area contributed by atoms with Gasteiger partial charge in [-0.3, -0.25) is 9.69 Å². The second-order valence-electron chi connectivity index (χ2n) is 3.34. The summed E-state index contributed by atoms with van der Waals surface area (Å²) in [4.78, 5) is 12.5. The summed E-state index contributed by atoms with van der Waals surface area (Å²) in [5.41, 5.74) is 0. The lowest BCUT2D eigenvalue weighted by Gasteiger charge is -2.35. The highest BCUT2D eigenvalue weighted by Gasteiger charge is 2.25. The molecule has 0 saturated carbocycles. The van der Waals surface area contributed by atoms with E-state index >= 15 is 0 Å². The molecule has 0 aliphatic carbocycles. The fourth-order valence-corrected chi connectivity index (χ4v) is 1.43. The SMILES string of the molecule is CC1CN(C)C(CC(=O)O)CO1. The number of hydrogen-bond acceptors (Lipinski definition) is 3. The summed E-state index contributed by atoms with van der Waals surface area (Å²) in [5.74, 6) is -0.759. The molecular weight excluding hydrogens is 158 g/mol. The molecule has 0 bridgehead atoms. The number of carbonyl (C=O) groups is 1. The number of likely N-dealkylation sites (N-methyl/N-ethyl adjacent to an activating group) is 1. The molecule has 1 fully saturated rings. The number of ether oxygens (including phenoxy) is 1. The Labute approximate surface area is 72.1 Å². The second kappa shape index (κ2) is 3.87. The topological polar surface area (TPSA) is 49.8 Å². The van der Waals surface area contributed by atoms with Crippen LogP contribution >= 0.6 is 0 Å². The molecule has 0 aromatic rings. The summed E-state index contributed by atoms with van der Waals surface area (Å²) in [5, 5.41) is 8.57. The normalized spacial score (nSPS) is 31.8. The monoisotopic (exact) mass is 173 g/mol. The van der Waals surface area contributed by atoms with Crippen LogP contribution in [0.4, 0.5) is 0 Å². The van der Waals surface area contributed by atoms with Crippen LogP contribution in [-0.2, 0) is 9.53 Å². The second-order valence-corrected chi connectivity index (χ2v) is 3.34. The Morgan fingerprint density at radius 3 is 2.92 bits per heavy atom. The average Bonchev–Trinajstić information content (AvgIpc) is 1.94. The number of hydrogen-bond donors (Lipinski definition) is 1. The maximum absolute atomic E-state index is 10.4. The van der Waals surface area contributed by atoms with E-state index in [1.165, 1.54) is 0 Å². The van der Waals surface area contributed by atoms with E-state index in [0.29, 0.717) is 6.61 Å². The lowest BCUT2D eigenvalue weighted by molar-refractivity contribution is -0.141. The van der Waals surface area contributed by atoms with Gasteiger partial charge in [0.1, 0.15) is 0 Å². The Morgan fingerprint density at radius 1 is 1.75 bits per heavy atom. The zero-order chi connectivity index (χ0) is 9.14. The molecule has 0 spiro atoms. The third-order valence-corrected chi connectivity index (χ3v) is 2.15. The van der Waals surface area contributed by atoms with E-state index in [-0.39, 0.29) is 18.6 Å². The third kappa shape index (κ3) is 2.46. The Morgan fingerprint density at radius 2 is 2.42 bits per heavy atom. The van der Waals surface area contributed by atoms with Crippen LogP contribution in [0.3, 0.4) is 0 Å². The minimum Gasteiger partial charge on any atom is -0.481 e. The van der Waals surface area contributed by atoms with E-state index < -0.39 is 5.97 Å². The highest BCUT2D eigenvalue weighted by molar-refractivity contribution is 5.67. The molecule has 2 unspecified atom stereocenters. The van der Waals surface area contributed by atoms with Crippen LogP contribution in [0.15, 0.2) is 0 Å². The average molecular weight is 173 g/mol. The van der Waals surface area contributed by atoms with Gasteiger partial charge in [-0.25, -0.2) is 0 Å². The lowest BCUT2D eigenvalue weighted by atomic mass is 10.1. The first-order chi connectivity index (χ1) is 5.59. The summed E-state index contributed by atoms with van der Waals surface area (Å²) in [6.45, 7) is 3.34. The predicted octanol–water partition coefficient (Wildman–Crippen LogP) is 0.180. The Balaban J connectivity index is 2.39. The minimum atomic E-state index is -0.759. The molecule has 0 amide bonds. The summed E-state index contributed by atoms with van der Waals surface area (Å²) >= 11 is 0. The van der Waals surface area contributed by atoms with Gasteiger partial charge < -0.3 is 9.84 Å². The van der Waals surface area contributed by atoms with E-state index in [0.717, 1.165) is 6.54 Å². The number of aliphatic carboxylic acids is 1. The van der Waals surface area contributed by atoms with Crippen LogP contribution in [-0.4, -0.2) is 48.3 Å². The van der Waals surface area contributed by atoms with Crippen molar-refractivity contribution in [3.63, 3.8) is 0 Å². The number of rotatable bonds is 2. The van der Waals surface area contributed by atoms with Crippen molar-refractivity contribution in [1.82, 2.24) is 4.90 Å². The number of nitrogens with zero attached hydrogens (tertiary/aromatic N) is 1. The molecule has 12 heavy (non-hydrogen) atoms. The van der Waals surface area contributed by atoms with Gasteiger partial charge in [-0.2, -0.15) is 0 Å². The lowest BCUT2D eigenvalue weighted by Crippen LogP contribution is -2.47. The van der Waals surface area contributed by atoms with Gasteiger partial charge >= 0.3 is 5.97 Å². The van der Waals surface area contributed by atoms with Crippen LogP contribution in [0.2, 0.25) is 0 Å². The van der Waals surface area contributed by atoms with Crippen LogP contribution in [0.25, 0.3) is 0 Å². The van der Waals surface area contributed by atoms with Crippen molar-refractivity contribution < 1.29 is 14.6 Å². The molecule has 70 valence electrons. The van der Waals surface area contributed by atoms with Gasteiger partial charge in [0.25, 0.3) is 0 Å². The number of carboxylic acid groups (broad SMARTS) is 1. The molecule has 0 aromatic carbocycles. The molecule has 1 saturated heterocycles. The quantitative estimate of drug-likeness (QED) is 0.647. The minimum absolute atomic E-state index is 0.0405. The smallest absolute Gasteiger partial charge is 0.305 e. The molecule has 0 radical (unpaired) electrons. The van der Waals surface area contributed by atoms with Crippen LogP contribution in [0.5, 0.6) is 0 Å². The first kappa shape index (κ1) is 9.48. The van der Waals surface area contributed by atoms with E-state index in [1.807, 2.05) is 18.9 Å². The van der Waals surface area contributed by atoms with Gasteiger partial charge in [0.2, 0.25) is 0 Å². The molecule has 2 atom stereocenters. The maximum atomic E-state index is 10.4. The van der Waals surface area contributed by atoms with Crippen molar-refractivity contribution in [3.8, 4) is 0 Å². The highest BCUT2D eigenvalue weighted by Crippen LogP contribution is 2.11. The van der Waals surface area contributed by atoms with E-state index in [4.69, 9.17) is 9.84 Å². The highest BCUT2D eigenvalue weighted by atomic mass is 16.5. The fraction of sp³-hybridized carbons (Fsp3) is 0.875. The van der Waals surface area contributed by atoms with Crippen LogP contribution < -0.4 is 0 Å². The molecule has 1 aliphatic heterocycles. The van der Waals surface area contributed by atoms with Crippen molar-refractivity contribution in [2.45, 2.75) is 25.5 Å². The zero-order valence-electron chi connectivity index (χ0n) is 7.49. The number of morpholine rings is 1. The number of carboxylic acids is 1. The van der Waals surface area contributed by atoms with Gasteiger partial charge in [-0.15, -0.1) is 0 Å². The third-order valence-electron chi connectivity index (χ3n) is 2.15.